The zero-order valence-corrected chi connectivity index (χ0v) is 12.3. The summed E-state index contributed by atoms with van der Waals surface area (Å²) in [7, 11) is 0. The van der Waals surface area contributed by atoms with Crippen molar-refractivity contribution in [2.24, 2.45) is 0 Å². The topological polar surface area (TPSA) is 20.3 Å². The molecule has 3 heteroatoms. The van der Waals surface area contributed by atoms with Crippen molar-refractivity contribution in [2.45, 2.75) is 19.8 Å². The monoisotopic (exact) mass is 285 g/mol. The van der Waals surface area contributed by atoms with E-state index >= 15 is 0 Å². The van der Waals surface area contributed by atoms with Gasteiger partial charge in [-0.1, -0.05) is 18.2 Å². The molecule has 2 rings (SSSR count). The number of hydrogen-bond acceptors (Lipinski definition) is 2. The summed E-state index contributed by atoms with van der Waals surface area (Å²) in [5.41, 5.74) is 1.76. The van der Waals surface area contributed by atoms with Gasteiger partial charge >= 0.3 is 0 Å². The lowest BCUT2D eigenvalue weighted by atomic mass is 10.1. The van der Waals surface area contributed by atoms with E-state index in [9.17, 15) is 9.18 Å². The predicted octanol–water partition coefficient (Wildman–Crippen LogP) is 4.32. The highest BCUT2D eigenvalue weighted by atomic mass is 19.1. The van der Waals surface area contributed by atoms with Crippen molar-refractivity contribution >= 4 is 11.5 Å². The fourth-order valence-electron chi connectivity index (χ4n) is 2.32. The molecule has 21 heavy (non-hydrogen) atoms. The molecule has 0 fully saturated rings. The van der Waals surface area contributed by atoms with Gasteiger partial charge in [0, 0.05) is 30.8 Å². The number of carbonyl (C=O) groups is 1. The predicted molar refractivity (Wildman–Crippen MR) is 84.3 cm³/mol. The van der Waals surface area contributed by atoms with E-state index in [4.69, 9.17) is 0 Å². The van der Waals surface area contributed by atoms with Gasteiger partial charge in [-0.2, -0.15) is 0 Å². The van der Waals surface area contributed by atoms with E-state index in [1.807, 2.05) is 18.2 Å². The third-order valence-electron chi connectivity index (χ3n) is 3.50. The van der Waals surface area contributed by atoms with Gasteiger partial charge in [0.1, 0.15) is 5.82 Å². The van der Waals surface area contributed by atoms with Crippen molar-refractivity contribution < 1.29 is 9.18 Å². The summed E-state index contributed by atoms with van der Waals surface area (Å²) in [5, 5.41) is 0. The lowest BCUT2D eigenvalue weighted by Crippen LogP contribution is -2.24. The highest BCUT2D eigenvalue weighted by Gasteiger charge is 2.08. The van der Waals surface area contributed by atoms with E-state index in [2.05, 4.69) is 24.0 Å². The van der Waals surface area contributed by atoms with Crippen molar-refractivity contribution in [3.05, 3.63) is 66.0 Å². The van der Waals surface area contributed by atoms with E-state index < -0.39 is 0 Å². The molecule has 2 aromatic rings. The molecule has 110 valence electrons. The number of anilines is 1. The summed E-state index contributed by atoms with van der Waals surface area (Å²) in [6, 6.07) is 15.9. The van der Waals surface area contributed by atoms with Crippen LogP contribution in [0.15, 0.2) is 54.6 Å². The van der Waals surface area contributed by atoms with Crippen LogP contribution in [0.25, 0.3) is 0 Å². The van der Waals surface area contributed by atoms with Crippen molar-refractivity contribution in [1.82, 2.24) is 0 Å². The number of Topliss-reactive ketones (excluding diaryl/α,β-unsaturated/α-hetero) is 1. The molecule has 0 aliphatic carbocycles. The maximum atomic E-state index is 12.8. The van der Waals surface area contributed by atoms with Crippen LogP contribution >= 0.6 is 0 Å². The first-order chi connectivity index (χ1) is 10.2. The fourth-order valence-corrected chi connectivity index (χ4v) is 2.32. The van der Waals surface area contributed by atoms with Crippen LogP contribution in [0.5, 0.6) is 0 Å². The van der Waals surface area contributed by atoms with Gasteiger partial charge < -0.3 is 4.90 Å². The standard InChI is InChI=1S/C18H20FNO/c1-2-20(17-7-4-3-5-8-17)14-6-9-18(21)15-10-12-16(19)13-11-15/h3-5,7-8,10-13H,2,6,9,14H2,1H3. The second-order valence-electron chi connectivity index (χ2n) is 4.95. The van der Waals surface area contributed by atoms with E-state index in [1.165, 1.54) is 17.8 Å². The number of carbonyl (C=O) groups excluding carboxylic acids is 1. The number of hydrogen-bond donors (Lipinski definition) is 0. The molecule has 0 aromatic heterocycles. The van der Waals surface area contributed by atoms with Crippen molar-refractivity contribution in [2.75, 3.05) is 18.0 Å². The minimum absolute atomic E-state index is 0.0686. The van der Waals surface area contributed by atoms with Crippen LogP contribution in [0, 0.1) is 5.82 Å². The van der Waals surface area contributed by atoms with Gasteiger partial charge in [-0.25, -0.2) is 4.39 Å². The molecule has 2 nitrogen and oxygen atoms in total. The summed E-state index contributed by atoms with van der Waals surface area (Å²) in [5.74, 6) is -0.244. The number of rotatable bonds is 7. The average Bonchev–Trinajstić information content (AvgIpc) is 2.53. The van der Waals surface area contributed by atoms with Gasteiger partial charge in [0.15, 0.2) is 5.78 Å². The summed E-state index contributed by atoms with van der Waals surface area (Å²) in [4.78, 5) is 14.3. The highest BCUT2D eigenvalue weighted by Crippen LogP contribution is 2.14. The number of ketones is 1. The van der Waals surface area contributed by atoms with E-state index in [-0.39, 0.29) is 11.6 Å². The second kappa shape index (κ2) is 7.58. The smallest absolute Gasteiger partial charge is 0.162 e. The van der Waals surface area contributed by atoms with Crippen LogP contribution in [0.4, 0.5) is 10.1 Å². The van der Waals surface area contributed by atoms with E-state index in [0.29, 0.717) is 12.0 Å². The second-order valence-corrected chi connectivity index (χ2v) is 4.95. The first kappa shape index (κ1) is 15.2. The fraction of sp³-hybridized carbons (Fsp3) is 0.278. The Hall–Kier alpha value is -2.16. The zero-order chi connectivity index (χ0) is 15.1. The Morgan fingerprint density at radius 3 is 2.33 bits per heavy atom. The first-order valence-electron chi connectivity index (χ1n) is 7.29. The Labute approximate surface area is 125 Å². The zero-order valence-electron chi connectivity index (χ0n) is 12.3. The highest BCUT2D eigenvalue weighted by molar-refractivity contribution is 5.95. The van der Waals surface area contributed by atoms with Crippen LogP contribution < -0.4 is 4.90 Å². The minimum Gasteiger partial charge on any atom is -0.372 e. The number of para-hydroxylation sites is 1. The van der Waals surface area contributed by atoms with E-state index in [1.54, 1.807) is 12.1 Å². The molecule has 2 aromatic carbocycles. The molecule has 0 atom stereocenters. The van der Waals surface area contributed by atoms with Crippen molar-refractivity contribution in [3.63, 3.8) is 0 Å². The third kappa shape index (κ3) is 4.42. The molecule has 0 bridgehead atoms. The lowest BCUT2D eigenvalue weighted by molar-refractivity contribution is 0.0980. The first-order valence-corrected chi connectivity index (χ1v) is 7.29. The molecular formula is C18H20FNO. The molecule has 0 radical (unpaired) electrons. The molecule has 0 N–H and O–H groups in total. The SMILES string of the molecule is CCN(CCCC(=O)c1ccc(F)cc1)c1ccccc1. The Kier molecular flexibility index (Phi) is 5.50. The Bertz CT molecular complexity index is 566. The molecule has 0 spiro atoms. The maximum absolute atomic E-state index is 12.8. The minimum atomic E-state index is -0.312. The van der Waals surface area contributed by atoms with Gasteiger partial charge in [-0.3, -0.25) is 4.79 Å². The number of nitrogens with zero attached hydrogens (tertiary/aromatic N) is 1. The number of benzene rings is 2. The molecule has 0 aliphatic rings. The van der Waals surface area contributed by atoms with Crippen LogP contribution in [0.2, 0.25) is 0 Å². The van der Waals surface area contributed by atoms with Crippen LogP contribution in [-0.4, -0.2) is 18.9 Å². The summed E-state index contributed by atoms with van der Waals surface area (Å²) in [6.45, 7) is 3.86. The Balaban J connectivity index is 1.85. The van der Waals surface area contributed by atoms with Crippen LogP contribution in [0.1, 0.15) is 30.1 Å². The van der Waals surface area contributed by atoms with Gasteiger partial charge in [0.25, 0.3) is 0 Å². The molecule has 0 saturated carbocycles. The van der Waals surface area contributed by atoms with Gasteiger partial charge in [-0.15, -0.1) is 0 Å². The Morgan fingerprint density at radius 1 is 1.05 bits per heavy atom. The maximum Gasteiger partial charge on any atom is 0.162 e. The quantitative estimate of drug-likeness (QED) is 0.706. The van der Waals surface area contributed by atoms with Gasteiger partial charge in [0.2, 0.25) is 0 Å². The lowest BCUT2D eigenvalue weighted by Gasteiger charge is -2.22. The number of halogens is 1. The molecule has 0 heterocycles. The third-order valence-corrected chi connectivity index (χ3v) is 3.50. The molecule has 0 aliphatic heterocycles. The van der Waals surface area contributed by atoms with Gasteiger partial charge in [0.05, 0.1) is 0 Å². The van der Waals surface area contributed by atoms with Crippen molar-refractivity contribution in [1.29, 1.82) is 0 Å². The largest absolute Gasteiger partial charge is 0.372 e. The van der Waals surface area contributed by atoms with Crippen molar-refractivity contribution in [3.8, 4) is 0 Å². The van der Waals surface area contributed by atoms with Gasteiger partial charge in [-0.05, 0) is 49.7 Å². The molecular weight excluding hydrogens is 265 g/mol. The van der Waals surface area contributed by atoms with Crippen LogP contribution in [-0.2, 0) is 0 Å². The molecule has 0 amide bonds. The average molecular weight is 285 g/mol. The summed E-state index contributed by atoms with van der Waals surface area (Å²) in [6.07, 6.45) is 1.27. The molecule has 0 unspecified atom stereocenters. The summed E-state index contributed by atoms with van der Waals surface area (Å²) >= 11 is 0. The van der Waals surface area contributed by atoms with Crippen LogP contribution in [0.3, 0.4) is 0 Å². The molecule has 0 saturated heterocycles. The van der Waals surface area contributed by atoms with E-state index in [0.717, 1.165) is 19.5 Å². The normalized spacial score (nSPS) is 10.4. The Morgan fingerprint density at radius 2 is 1.71 bits per heavy atom. The summed E-state index contributed by atoms with van der Waals surface area (Å²) < 4.78 is 12.8.